The predicted molar refractivity (Wildman–Crippen MR) is 80.1 cm³/mol. The third-order valence-electron chi connectivity index (χ3n) is 2.41. The Kier molecular flexibility index (Phi) is 6.31. The van der Waals surface area contributed by atoms with Gasteiger partial charge in [0.25, 0.3) is 0 Å². The van der Waals surface area contributed by atoms with Crippen LogP contribution in [0.4, 0.5) is 5.69 Å². The smallest absolute Gasteiger partial charge is 0.221 e. The van der Waals surface area contributed by atoms with E-state index in [-0.39, 0.29) is 11.8 Å². The summed E-state index contributed by atoms with van der Waals surface area (Å²) in [5.74, 6) is 6.13. The van der Waals surface area contributed by atoms with E-state index in [4.69, 9.17) is 0 Å². The Labute approximate surface area is 120 Å². The van der Waals surface area contributed by atoms with Crippen LogP contribution < -0.4 is 10.6 Å². The fourth-order valence-corrected chi connectivity index (χ4v) is 1.57. The Bertz CT molecular complexity index is 522. The molecule has 4 heteroatoms. The number of amides is 2. The van der Waals surface area contributed by atoms with Crippen LogP contribution >= 0.6 is 0 Å². The van der Waals surface area contributed by atoms with Crippen molar-refractivity contribution in [3.05, 3.63) is 29.8 Å². The summed E-state index contributed by atoms with van der Waals surface area (Å²) >= 11 is 0. The first-order chi connectivity index (χ1) is 9.47. The summed E-state index contributed by atoms with van der Waals surface area (Å²) in [5.41, 5.74) is 1.59. The monoisotopic (exact) mass is 272 g/mol. The van der Waals surface area contributed by atoms with Crippen LogP contribution in [0.5, 0.6) is 0 Å². The van der Waals surface area contributed by atoms with E-state index in [9.17, 15) is 9.59 Å². The van der Waals surface area contributed by atoms with E-state index < -0.39 is 0 Å². The molecule has 0 spiro atoms. The van der Waals surface area contributed by atoms with E-state index in [0.29, 0.717) is 18.9 Å². The molecule has 1 aromatic rings. The highest BCUT2D eigenvalue weighted by Gasteiger charge is 2.02. The van der Waals surface area contributed by atoms with Crippen molar-refractivity contribution < 1.29 is 9.59 Å². The summed E-state index contributed by atoms with van der Waals surface area (Å²) in [6.45, 7) is 5.82. The van der Waals surface area contributed by atoms with Crippen molar-refractivity contribution in [2.24, 2.45) is 5.92 Å². The summed E-state index contributed by atoms with van der Waals surface area (Å²) in [4.78, 5) is 22.3. The van der Waals surface area contributed by atoms with Gasteiger partial charge in [0.1, 0.15) is 0 Å². The number of nitrogens with one attached hydrogen (secondary N) is 2. The summed E-state index contributed by atoms with van der Waals surface area (Å²) in [6.07, 6.45) is 0.521. The molecule has 0 saturated heterocycles. The Morgan fingerprint density at radius 3 is 2.40 bits per heavy atom. The molecule has 1 rings (SSSR count). The van der Waals surface area contributed by atoms with Gasteiger partial charge < -0.3 is 10.6 Å². The number of benzene rings is 1. The number of hydrogen-bond acceptors (Lipinski definition) is 2. The molecule has 0 bridgehead atoms. The zero-order chi connectivity index (χ0) is 15.0. The molecule has 0 heterocycles. The topological polar surface area (TPSA) is 58.2 Å². The van der Waals surface area contributed by atoms with E-state index in [0.717, 1.165) is 11.3 Å². The summed E-state index contributed by atoms with van der Waals surface area (Å²) in [7, 11) is 0. The SMILES string of the molecule is CC(=O)Nc1ccc(C#CCNC(=O)CC(C)C)cc1. The van der Waals surface area contributed by atoms with Gasteiger partial charge in [-0.25, -0.2) is 0 Å². The van der Waals surface area contributed by atoms with Crippen molar-refractivity contribution in [3.63, 3.8) is 0 Å². The molecule has 2 amide bonds. The van der Waals surface area contributed by atoms with Crippen molar-refractivity contribution in [3.8, 4) is 11.8 Å². The summed E-state index contributed by atoms with van der Waals surface area (Å²) < 4.78 is 0. The second-order valence-corrected chi connectivity index (χ2v) is 4.94. The van der Waals surface area contributed by atoms with E-state index in [2.05, 4.69) is 22.5 Å². The molecule has 0 aromatic heterocycles. The Morgan fingerprint density at radius 2 is 1.85 bits per heavy atom. The molecule has 2 N–H and O–H groups in total. The fraction of sp³-hybridized carbons (Fsp3) is 0.375. The van der Waals surface area contributed by atoms with Crippen molar-refractivity contribution in [1.29, 1.82) is 0 Å². The third-order valence-corrected chi connectivity index (χ3v) is 2.41. The maximum Gasteiger partial charge on any atom is 0.221 e. The van der Waals surface area contributed by atoms with E-state index in [1.807, 2.05) is 26.0 Å². The van der Waals surface area contributed by atoms with Crippen LogP contribution in [0.25, 0.3) is 0 Å². The molecule has 0 fully saturated rings. The minimum absolute atomic E-state index is 0.0234. The van der Waals surface area contributed by atoms with Gasteiger partial charge in [0.2, 0.25) is 11.8 Å². The Hall–Kier alpha value is -2.28. The van der Waals surface area contributed by atoms with Crippen LogP contribution in [-0.4, -0.2) is 18.4 Å². The van der Waals surface area contributed by atoms with Gasteiger partial charge >= 0.3 is 0 Å². The molecule has 0 unspecified atom stereocenters. The van der Waals surface area contributed by atoms with E-state index in [1.54, 1.807) is 12.1 Å². The number of carbonyl (C=O) groups excluding carboxylic acids is 2. The van der Waals surface area contributed by atoms with Crippen LogP contribution in [0.15, 0.2) is 24.3 Å². The molecule has 106 valence electrons. The van der Waals surface area contributed by atoms with Gasteiger partial charge in [0, 0.05) is 24.6 Å². The van der Waals surface area contributed by atoms with Crippen molar-refractivity contribution in [1.82, 2.24) is 5.32 Å². The molecular formula is C16H20N2O2. The maximum atomic E-state index is 11.4. The summed E-state index contributed by atoms with van der Waals surface area (Å²) in [6, 6.07) is 7.24. The maximum absolute atomic E-state index is 11.4. The highest BCUT2D eigenvalue weighted by atomic mass is 16.2. The van der Waals surface area contributed by atoms with Crippen molar-refractivity contribution in [2.45, 2.75) is 27.2 Å². The van der Waals surface area contributed by atoms with Crippen LogP contribution in [0.1, 0.15) is 32.8 Å². The molecule has 0 aliphatic heterocycles. The molecule has 0 radical (unpaired) electrons. The van der Waals surface area contributed by atoms with Gasteiger partial charge in [-0.2, -0.15) is 0 Å². The van der Waals surface area contributed by atoms with Gasteiger partial charge in [0.15, 0.2) is 0 Å². The second-order valence-electron chi connectivity index (χ2n) is 4.94. The Morgan fingerprint density at radius 1 is 1.20 bits per heavy atom. The largest absolute Gasteiger partial charge is 0.345 e. The normalized spacial score (nSPS) is 9.60. The lowest BCUT2D eigenvalue weighted by atomic mass is 10.1. The van der Waals surface area contributed by atoms with Crippen LogP contribution in [0.2, 0.25) is 0 Å². The predicted octanol–water partition coefficient (Wildman–Crippen LogP) is 2.16. The van der Waals surface area contributed by atoms with Crippen LogP contribution in [0.3, 0.4) is 0 Å². The zero-order valence-electron chi connectivity index (χ0n) is 12.1. The highest BCUT2D eigenvalue weighted by Crippen LogP contribution is 2.08. The number of hydrogen-bond donors (Lipinski definition) is 2. The summed E-state index contributed by atoms with van der Waals surface area (Å²) in [5, 5.41) is 5.44. The highest BCUT2D eigenvalue weighted by molar-refractivity contribution is 5.88. The first-order valence-corrected chi connectivity index (χ1v) is 6.60. The first kappa shape index (κ1) is 15.8. The molecule has 1 aromatic carbocycles. The molecule has 20 heavy (non-hydrogen) atoms. The lowest BCUT2D eigenvalue weighted by molar-refractivity contribution is -0.121. The average molecular weight is 272 g/mol. The lowest BCUT2D eigenvalue weighted by Crippen LogP contribution is -2.24. The first-order valence-electron chi connectivity index (χ1n) is 6.60. The average Bonchev–Trinajstić information content (AvgIpc) is 2.35. The zero-order valence-corrected chi connectivity index (χ0v) is 12.1. The molecule has 0 saturated carbocycles. The van der Waals surface area contributed by atoms with E-state index in [1.165, 1.54) is 6.92 Å². The fourth-order valence-electron chi connectivity index (χ4n) is 1.57. The van der Waals surface area contributed by atoms with Gasteiger partial charge in [-0.05, 0) is 30.2 Å². The quantitative estimate of drug-likeness (QED) is 0.825. The van der Waals surface area contributed by atoms with Crippen LogP contribution in [0, 0.1) is 17.8 Å². The van der Waals surface area contributed by atoms with Crippen LogP contribution in [-0.2, 0) is 9.59 Å². The third kappa shape index (κ3) is 6.60. The van der Waals surface area contributed by atoms with Gasteiger partial charge in [-0.3, -0.25) is 9.59 Å². The minimum atomic E-state index is -0.100. The number of carbonyl (C=O) groups is 2. The lowest BCUT2D eigenvalue weighted by Gasteiger charge is -2.03. The number of anilines is 1. The van der Waals surface area contributed by atoms with Gasteiger partial charge in [-0.1, -0.05) is 25.7 Å². The molecule has 0 atom stereocenters. The minimum Gasteiger partial charge on any atom is -0.345 e. The second kappa shape index (κ2) is 8.00. The number of rotatable bonds is 4. The van der Waals surface area contributed by atoms with E-state index >= 15 is 0 Å². The molecule has 0 aliphatic carbocycles. The molecular weight excluding hydrogens is 252 g/mol. The molecule has 0 aliphatic rings. The standard InChI is InChI=1S/C16H20N2O2/c1-12(2)11-16(20)17-10-4-5-14-6-8-15(9-7-14)18-13(3)19/h6-9,12H,10-11H2,1-3H3,(H,17,20)(H,18,19). The Balaban J connectivity index is 2.43. The van der Waals surface area contributed by atoms with Crippen molar-refractivity contribution >= 4 is 17.5 Å². The van der Waals surface area contributed by atoms with Crippen molar-refractivity contribution in [2.75, 3.05) is 11.9 Å². The molecule has 4 nitrogen and oxygen atoms in total. The van der Waals surface area contributed by atoms with Gasteiger partial charge in [0.05, 0.1) is 6.54 Å². The van der Waals surface area contributed by atoms with Gasteiger partial charge in [-0.15, -0.1) is 0 Å².